The number of fused-ring (bicyclic) bond motifs is 1. The number of aromatic amines is 2. The number of alkyl carbamates (subject to hydrolysis) is 1. The van der Waals surface area contributed by atoms with Crippen molar-refractivity contribution in [1.29, 1.82) is 0 Å². The number of nitrogens with zero attached hydrogens (tertiary/aromatic N) is 6. The van der Waals surface area contributed by atoms with Crippen molar-refractivity contribution < 1.29 is 33.4 Å². The van der Waals surface area contributed by atoms with Crippen LogP contribution in [0.3, 0.4) is 0 Å². The van der Waals surface area contributed by atoms with Crippen molar-refractivity contribution in [3.63, 3.8) is 0 Å². The summed E-state index contributed by atoms with van der Waals surface area (Å²) in [6, 6.07) is 11.9. The first-order chi connectivity index (χ1) is 27.7. The van der Waals surface area contributed by atoms with Crippen molar-refractivity contribution in [2.24, 2.45) is 11.8 Å². The van der Waals surface area contributed by atoms with Gasteiger partial charge < -0.3 is 39.3 Å². The number of likely N-dealkylation sites (N-methyl/N-ethyl adjacent to an activating group) is 1. The predicted octanol–water partition coefficient (Wildman–Crippen LogP) is 6.13. The van der Waals surface area contributed by atoms with Crippen LogP contribution in [0.2, 0.25) is 0 Å². The summed E-state index contributed by atoms with van der Waals surface area (Å²) >= 11 is 0. The Morgan fingerprint density at radius 1 is 0.825 bits per heavy atom. The maximum absolute atomic E-state index is 13.6. The number of benzene rings is 2. The second-order valence-electron chi connectivity index (χ2n) is 15.6. The molecule has 4 amide bonds. The number of imidazole rings is 2. The molecular weight excluding hydrogens is 731 g/mol. The average Bonchev–Trinajstić information content (AvgIpc) is 3.81. The van der Waals surface area contributed by atoms with Crippen molar-refractivity contribution in [2.75, 3.05) is 27.2 Å². The maximum Gasteiger partial charge on any atom is 0.407 e. The quantitative estimate of drug-likeness (QED) is 0.121. The van der Waals surface area contributed by atoms with E-state index < -0.39 is 24.3 Å². The number of methoxy groups -OCH3 is 1. The minimum atomic E-state index is -1.09. The molecule has 4 N–H and O–H groups in total. The Hall–Kier alpha value is -6.19. The number of amides is 4. The number of rotatable bonds is 11. The van der Waals surface area contributed by atoms with Gasteiger partial charge in [0.05, 0.1) is 43.0 Å². The minimum absolute atomic E-state index is 0.0663. The van der Waals surface area contributed by atoms with Gasteiger partial charge in [-0.05, 0) is 99.1 Å². The number of ether oxygens (including phenoxy) is 1. The summed E-state index contributed by atoms with van der Waals surface area (Å²) in [5, 5.41) is 12.4. The molecule has 0 unspecified atom stereocenters. The van der Waals surface area contributed by atoms with Crippen molar-refractivity contribution in [2.45, 2.75) is 75.5 Å². The van der Waals surface area contributed by atoms with Gasteiger partial charge in [0.2, 0.25) is 17.7 Å². The molecule has 2 aliphatic carbocycles. The van der Waals surface area contributed by atoms with Gasteiger partial charge in [-0.15, -0.1) is 0 Å². The van der Waals surface area contributed by atoms with Crippen LogP contribution in [-0.2, 0) is 14.3 Å². The fourth-order valence-corrected chi connectivity index (χ4v) is 8.51. The number of likely N-dealkylation sites (tertiary alicyclic amines) is 2. The summed E-state index contributed by atoms with van der Waals surface area (Å²) in [7, 11) is 2.78. The van der Waals surface area contributed by atoms with E-state index >= 15 is 0 Å². The zero-order chi connectivity index (χ0) is 39.4. The molecule has 3 aromatic heterocycles. The molecule has 57 heavy (non-hydrogen) atoms. The molecule has 4 aliphatic rings. The number of carbonyl (C=O) groups is 4. The molecule has 0 radical (unpaired) electrons. The normalized spacial score (nSPS) is 20.5. The van der Waals surface area contributed by atoms with Crippen molar-refractivity contribution in [1.82, 2.24) is 44.9 Å². The van der Waals surface area contributed by atoms with Gasteiger partial charge in [0.25, 0.3) is 0 Å². The van der Waals surface area contributed by atoms with Gasteiger partial charge >= 0.3 is 12.2 Å². The number of H-pyrrole nitrogens is 2. The van der Waals surface area contributed by atoms with E-state index in [2.05, 4.69) is 25.3 Å². The van der Waals surface area contributed by atoms with Crippen molar-refractivity contribution >= 4 is 35.1 Å². The Morgan fingerprint density at radius 3 is 2.00 bits per heavy atom. The van der Waals surface area contributed by atoms with E-state index in [1.807, 2.05) is 47.4 Å². The third kappa shape index (κ3) is 7.08. The Kier molecular flexibility index (Phi) is 9.41. The fourth-order valence-electron chi connectivity index (χ4n) is 8.51. The van der Waals surface area contributed by atoms with E-state index in [1.54, 1.807) is 17.3 Å². The zero-order valence-corrected chi connectivity index (χ0v) is 31.8. The Balaban J connectivity index is 0.878. The monoisotopic (exact) mass is 775 g/mol. The van der Waals surface area contributed by atoms with E-state index in [1.165, 1.54) is 14.2 Å². The van der Waals surface area contributed by atoms with Gasteiger partial charge in [-0.1, -0.05) is 12.1 Å². The summed E-state index contributed by atoms with van der Waals surface area (Å²) in [5.74, 6) is 1.82. The molecule has 4 fully saturated rings. The molecule has 296 valence electrons. The molecule has 5 aromatic rings. The van der Waals surface area contributed by atoms with E-state index in [0.29, 0.717) is 41.7 Å². The highest BCUT2D eigenvalue weighted by Gasteiger charge is 2.46. The van der Waals surface area contributed by atoms with Crippen LogP contribution in [0.1, 0.15) is 75.1 Å². The molecule has 2 saturated heterocycles. The first-order valence-corrected chi connectivity index (χ1v) is 19.7. The Bertz CT molecular complexity index is 2320. The topological polar surface area (TPSA) is 203 Å². The highest BCUT2D eigenvalue weighted by atomic mass is 16.5. The zero-order valence-electron chi connectivity index (χ0n) is 31.8. The number of hydrogen-bond donors (Lipinski definition) is 4. The molecule has 9 rings (SSSR count). The molecule has 4 atom stereocenters. The van der Waals surface area contributed by atoms with Gasteiger partial charge in [-0.3, -0.25) is 14.5 Å². The van der Waals surface area contributed by atoms with Gasteiger partial charge in [-0.2, -0.15) is 0 Å². The van der Waals surface area contributed by atoms with Crippen LogP contribution < -0.4 is 5.32 Å². The highest BCUT2D eigenvalue weighted by molar-refractivity contribution is 5.88. The molecule has 0 bridgehead atoms. The summed E-state index contributed by atoms with van der Waals surface area (Å²) in [5.41, 5.74) is 5.53. The smallest absolute Gasteiger partial charge is 0.407 e. The lowest BCUT2D eigenvalue weighted by Crippen LogP contribution is -2.50. The predicted molar refractivity (Wildman–Crippen MR) is 206 cm³/mol. The minimum Gasteiger partial charge on any atom is -0.465 e. The lowest BCUT2D eigenvalue weighted by molar-refractivity contribution is -0.138. The van der Waals surface area contributed by atoms with Crippen LogP contribution >= 0.6 is 0 Å². The molecular formula is C41H45N9O7. The lowest BCUT2D eigenvalue weighted by atomic mass is 10.1. The number of carboxylic acid groups (broad SMARTS) is 1. The van der Waals surface area contributed by atoms with Crippen LogP contribution in [0.4, 0.5) is 9.59 Å². The number of carbonyl (C=O) groups excluding carboxylic acids is 3. The molecule has 0 spiro atoms. The van der Waals surface area contributed by atoms with Gasteiger partial charge in [-0.25, -0.2) is 24.5 Å². The van der Waals surface area contributed by atoms with Gasteiger partial charge in [0.15, 0.2) is 5.58 Å². The summed E-state index contributed by atoms with van der Waals surface area (Å²) in [4.78, 5) is 76.8. The maximum atomic E-state index is 13.6. The summed E-state index contributed by atoms with van der Waals surface area (Å²) in [6.45, 7) is 1.17. The van der Waals surface area contributed by atoms with Crippen molar-refractivity contribution in [3.8, 4) is 34.0 Å². The molecule has 2 aliphatic heterocycles. The summed E-state index contributed by atoms with van der Waals surface area (Å²) < 4.78 is 10.9. The van der Waals surface area contributed by atoms with Crippen LogP contribution in [0.5, 0.6) is 0 Å². The van der Waals surface area contributed by atoms with E-state index in [0.717, 1.165) is 84.3 Å². The highest BCUT2D eigenvalue weighted by Crippen LogP contribution is 2.40. The number of hydrogen-bond acceptors (Lipinski definition) is 9. The molecule has 2 saturated carbocycles. The molecule has 16 heteroatoms. The Morgan fingerprint density at radius 2 is 1.40 bits per heavy atom. The standard InChI is InChI=1S/C41H45N9O7/c1-48(41(54)55)34(24-11-12-24)39(52)50-18-4-6-31(50)36-42-20-28(44-36)22-7-13-25(14-8-22)37-46-27-19-26(15-16-32(27)57-37)29-21-43-35(45-29)30-5-3-17-49(30)38(51)33(23-9-10-23)47-40(53)56-2/h7-8,13-16,19-21,23-24,30-31,33-34H,3-6,9-12,17-18H2,1-2H3,(H,42,44)(H,43,45)(H,47,53)(H,54,55)/t30-,31-,33+,34+/m0/s1. The second kappa shape index (κ2) is 14.7. The molecule has 2 aromatic carbocycles. The fraction of sp³-hybridized carbons (Fsp3) is 0.439. The van der Waals surface area contributed by atoms with Crippen LogP contribution in [0.25, 0.3) is 45.1 Å². The summed E-state index contributed by atoms with van der Waals surface area (Å²) in [6.07, 6.45) is 8.56. The number of oxazole rings is 1. The van der Waals surface area contributed by atoms with E-state index in [9.17, 15) is 24.3 Å². The molecule has 5 heterocycles. The third-order valence-corrected chi connectivity index (χ3v) is 11.9. The Labute approximate surface area is 328 Å². The number of aromatic nitrogens is 5. The third-order valence-electron chi connectivity index (χ3n) is 11.9. The number of nitrogens with one attached hydrogen (secondary N) is 3. The largest absolute Gasteiger partial charge is 0.465 e. The van der Waals surface area contributed by atoms with Gasteiger partial charge in [0, 0.05) is 31.3 Å². The van der Waals surface area contributed by atoms with E-state index in [4.69, 9.17) is 14.1 Å². The van der Waals surface area contributed by atoms with Crippen molar-refractivity contribution in [3.05, 3.63) is 66.5 Å². The first-order valence-electron chi connectivity index (χ1n) is 19.7. The van der Waals surface area contributed by atoms with Gasteiger partial charge in [0.1, 0.15) is 29.2 Å². The molecule has 16 nitrogen and oxygen atoms in total. The lowest BCUT2D eigenvalue weighted by Gasteiger charge is -2.31. The van der Waals surface area contributed by atoms with E-state index in [-0.39, 0.29) is 35.7 Å². The second-order valence-corrected chi connectivity index (χ2v) is 15.6. The van der Waals surface area contributed by atoms with Crippen LogP contribution in [0, 0.1) is 11.8 Å². The SMILES string of the molecule is COC(=O)N[C@@H](C(=O)N1CCC[C@H]1c1ncc(-c2ccc3oc(-c4ccc(-c5cnc([C@@H]6CCCN6C(=O)[C@@H](C6CC6)N(C)C(=O)O)[nH]5)cc4)nc3c2)[nH]1)C1CC1. The first kappa shape index (κ1) is 36.4. The average molecular weight is 776 g/mol. The van der Waals surface area contributed by atoms with Crippen LogP contribution in [0.15, 0.2) is 59.3 Å². The van der Waals surface area contributed by atoms with Crippen LogP contribution in [-0.4, -0.2) is 108 Å².